The van der Waals surface area contributed by atoms with Gasteiger partial charge in [0.05, 0.1) is 5.52 Å². The number of aromatic nitrogens is 2. The zero-order chi connectivity index (χ0) is 28.1. The second-order valence-electron chi connectivity index (χ2n) is 8.02. The third kappa shape index (κ3) is 15.6. The molecule has 0 saturated carbocycles. The molecule has 7 N–H and O–H groups in total. The summed E-state index contributed by atoms with van der Waals surface area (Å²) in [5.41, 5.74) is 2.02. The van der Waals surface area contributed by atoms with Crippen LogP contribution in [0.2, 0.25) is 0 Å². The molecule has 0 bridgehead atoms. The van der Waals surface area contributed by atoms with E-state index in [2.05, 4.69) is 55.3 Å². The zero-order valence-electron chi connectivity index (χ0n) is 21.0. The van der Waals surface area contributed by atoms with E-state index in [1.807, 2.05) is 30.3 Å². The van der Waals surface area contributed by atoms with Crippen LogP contribution in [0.3, 0.4) is 0 Å². The molecular weight excluding hydrogens is 522 g/mol. The van der Waals surface area contributed by atoms with E-state index in [1.54, 1.807) is 0 Å². The van der Waals surface area contributed by atoms with Gasteiger partial charge in [0.1, 0.15) is 5.82 Å². The van der Waals surface area contributed by atoms with Gasteiger partial charge in [-0.25, -0.2) is 19.1 Å². The molecule has 2 aromatic carbocycles. The average molecular weight is 559 g/mol. The van der Waals surface area contributed by atoms with Crippen molar-refractivity contribution in [3.05, 3.63) is 54.6 Å². The summed E-state index contributed by atoms with van der Waals surface area (Å²) in [4.78, 5) is 55.2. The number of hydrogen-bond donors (Lipinski definition) is 7. The van der Waals surface area contributed by atoms with Gasteiger partial charge in [-0.1, -0.05) is 56.3 Å². The van der Waals surface area contributed by atoms with Crippen molar-refractivity contribution in [2.75, 3.05) is 25.0 Å². The summed E-state index contributed by atoms with van der Waals surface area (Å²) in [5.74, 6) is 1.70. The molecule has 206 valence electrons. The van der Waals surface area contributed by atoms with Crippen LogP contribution in [-0.4, -0.2) is 69.9 Å². The maximum Gasteiger partial charge on any atom is 0.466 e. The van der Waals surface area contributed by atoms with Crippen LogP contribution >= 0.6 is 15.6 Å². The van der Waals surface area contributed by atoms with Crippen molar-refractivity contribution in [2.24, 2.45) is 0 Å². The van der Waals surface area contributed by atoms with Gasteiger partial charge in [-0.3, -0.25) is 0 Å². The topological polar surface area (TPSA) is 197 Å². The molecule has 1 aromatic heterocycles. The summed E-state index contributed by atoms with van der Waals surface area (Å²) < 4.78 is 17.8. The van der Waals surface area contributed by atoms with Gasteiger partial charge in [-0.05, 0) is 51.5 Å². The van der Waals surface area contributed by atoms with Crippen molar-refractivity contribution >= 4 is 32.4 Å². The number of benzene rings is 2. The minimum Gasteiger partial charge on any atom is -0.367 e. The van der Waals surface area contributed by atoms with Crippen LogP contribution in [0, 0.1) is 0 Å². The summed E-state index contributed by atoms with van der Waals surface area (Å²) in [7, 11) is -9.28. The molecule has 3 rings (SSSR count). The van der Waals surface area contributed by atoms with Gasteiger partial charge in [0.2, 0.25) is 0 Å². The molecule has 1 atom stereocenters. The van der Waals surface area contributed by atoms with E-state index in [0.29, 0.717) is 6.04 Å². The molecule has 14 heteroatoms. The molecule has 0 radical (unpaired) electrons. The molecule has 12 nitrogen and oxygen atoms in total. The smallest absolute Gasteiger partial charge is 0.367 e. The van der Waals surface area contributed by atoms with Crippen molar-refractivity contribution in [1.29, 1.82) is 0 Å². The number of fused-ring (bicyclic) bond motifs is 1. The predicted octanol–water partition coefficient (Wildman–Crippen LogP) is 3.36. The van der Waals surface area contributed by atoms with Crippen LogP contribution in [0.4, 0.5) is 5.82 Å². The molecule has 0 aliphatic rings. The number of anilines is 1. The number of para-hydroxylation sites is 1. The highest BCUT2D eigenvalue weighted by Gasteiger charge is 2.12. The summed E-state index contributed by atoms with van der Waals surface area (Å²) in [6, 6.07) is 18.8. The Kier molecular flexibility index (Phi) is 14.1. The Balaban J connectivity index is 0.000000583. The van der Waals surface area contributed by atoms with Gasteiger partial charge in [0.25, 0.3) is 0 Å². The Hall–Kier alpha value is -2.24. The minimum atomic E-state index is -4.64. The second-order valence-corrected chi connectivity index (χ2v) is 10.1. The fourth-order valence-electron chi connectivity index (χ4n) is 3.37. The molecule has 0 amide bonds. The highest BCUT2D eigenvalue weighted by Crippen LogP contribution is 2.27. The lowest BCUT2D eigenvalue weighted by Crippen LogP contribution is -2.25. The van der Waals surface area contributed by atoms with Crippen LogP contribution in [0.15, 0.2) is 54.6 Å². The minimum absolute atomic E-state index is 0.363. The first kappa shape index (κ1) is 32.8. The lowest BCUT2D eigenvalue weighted by Gasteiger charge is -2.20. The SMILES string of the molecule is CCN(CC)CCCC(C)Nc1nc(-c2ccccc2)nc2ccccc12.O=P(O)(O)O.O=P(O)(O)O. The van der Waals surface area contributed by atoms with Crippen LogP contribution in [0.1, 0.15) is 33.6 Å². The maximum absolute atomic E-state index is 8.88. The number of hydrogen-bond acceptors (Lipinski definition) is 6. The maximum atomic E-state index is 8.88. The van der Waals surface area contributed by atoms with E-state index < -0.39 is 15.6 Å². The first-order valence-electron chi connectivity index (χ1n) is 11.6. The van der Waals surface area contributed by atoms with Crippen molar-refractivity contribution in [3.63, 3.8) is 0 Å². The molecule has 0 saturated heterocycles. The number of nitrogens with zero attached hydrogens (tertiary/aromatic N) is 3. The normalized spacial score (nSPS) is 12.3. The third-order valence-electron chi connectivity index (χ3n) is 5.02. The Bertz CT molecular complexity index is 1130. The van der Waals surface area contributed by atoms with E-state index in [-0.39, 0.29) is 0 Å². The predicted molar refractivity (Wildman–Crippen MR) is 144 cm³/mol. The molecule has 0 aliphatic heterocycles. The fourth-order valence-corrected chi connectivity index (χ4v) is 3.37. The molecule has 1 unspecified atom stereocenters. The molecule has 37 heavy (non-hydrogen) atoms. The molecule has 0 aliphatic carbocycles. The Morgan fingerprint density at radius 2 is 1.35 bits per heavy atom. The summed E-state index contributed by atoms with van der Waals surface area (Å²) in [6.07, 6.45) is 2.31. The summed E-state index contributed by atoms with van der Waals surface area (Å²) in [6.45, 7) is 10.1. The van der Waals surface area contributed by atoms with E-state index in [1.165, 1.54) is 6.42 Å². The highest BCUT2D eigenvalue weighted by atomic mass is 31.2. The average Bonchev–Trinajstić information content (AvgIpc) is 2.80. The standard InChI is InChI=1S/C23H30N4.2H3O4P/c1-4-27(5-2)17-11-12-18(3)24-23-20-15-9-10-16-21(20)25-22(26-23)19-13-7-6-8-14-19;2*1-5(2,3)4/h6-10,13-16,18H,4-5,11-12,17H2,1-3H3,(H,24,25,26);2*(H3,1,2,3,4). The summed E-state index contributed by atoms with van der Waals surface area (Å²) >= 11 is 0. The van der Waals surface area contributed by atoms with Crippen molar-refractivity contribution in [2.45, 2.75) is 39.7 Å². The monoisotopic (exact) mass is 558 g/mol. The van der Waals surface area contributed by atoms with E-state index >= 15 is 0 Å². The van der Waals surface area contributed by atoms with Gasteiger partial charge in [0, 0.05) is 17.0 Å². The highest BCUT2D eigenvalue weighted by molar-refractivity contribution is 7.45. The first-order chi connectivity index (χ1) is 17.2. The Labute approximate surface area is 216 Å². The molecule has 3 aromatic rings. The van der Waals surface area contributed by atoms with E-state index in [4.69, 9.17) is 48.5 Å². The van der Waals surface area contributed by atoms with E-state index in [0.717, 1.165) is 54.2 Å². The molecule has 1 heterocycles. The third-order valence-corrected chi connectivity index (χ3v) is 5.02. The molecule has 0 fully saturated rings. The van der Waals surface area contributed by atoms with Gasteiger partial charge in [-0.2, -0.15) is 0 Å². The summed E-state index contributed by atoms with van der Waals surface area (Å²) in [5, 5.41) is 4.71. The van der Waals surface area contributed by atoms with Crippen molar-refractivity contribution in [1.82, 2.24) is 14.9 Å². The number of phosphoric acid groups is 2. The van der Waals surface area contributed by atoms with Gasteiger partial charge in [0.15, 0.2) is 5.82 Å². The molecular formula is C23H36N4O8P2. The quantitative estimate of drug-likeness (QED) is 0.189. The van der Waals surface area contributed by atoms with Crippen LogP contribution in [0.5, 0.6) is 0 Å². The fraction of sp³-hybridized carbons (Fsp3) is 0.391. The van der Waals surface area contributed by atoms with Crippen molar-refractivity contribution < 1.29 is 38.5 Å². The van der Waals surface area contributed by atoms with Gasteiger partial charge in [-0.15, -0.1) is 0 Å². The van der Waals surface area contributed by atoms with Crippen molar-refractivity contribution in [3.8, 4) is 11.4 Å². The van der Waals surface area contributed by atoms with Crippen LogP contribution in [-0.2, 0) is 9.13 Å². The van der Waals surface area contributed by atoms with Gasteiger partial charge < -0.3 is 39.6 Å². The zero-order valence-corrected chi connectivity index (χ0v) is 22.8. The van der Waals surface area contributed by atoms with Crippen LogP contribution in [0.25, 0.3) is 22.3 Å². The lowest BCUT2D eigenvalue weighted by molar-refractivity contribution is 0.272. The largest absolute Gasteiger partial charge is 0.466 e. The Morgan fingerprint density at radius 1 is 0.838 bits per heavy atom. The second kappa shape index (κ2) is 15.9. The van der Waals surface area contributed by atoms with E-state index in [9.17, 15) is 0 Å². The number of rotatable bonds is 9. The number of nitrogens with one attached hydrogen (secondary N) is 1. The first-order valence-corrected chi connectivity index (χ1v) is 14.7. The van der Waals surface area contributed by atoms with Gasteiger partial charge >= 0.3 is 15.6 Å². The van der Waals surface area contributed by atoms with Crippen LogP contribution < -0.4 is 5.32 Å². The lowest BCUT2D eigenvalue weighted by atomic mass is 10.1. The molecule has 0 spiro atoms. The Morgan fingerprint density at radius 3 is 1.89 bits per heavy atom.